The van der Waals surface area contributed by atoms with Gasteiger partial charge in [0.05, 0.1) is 6.04 Å². The Labute approximate surface area is 121 Å². The molecule has 0 aromatic heterocycles. The summed E-state index contributed by atoms with van der Waals surface area (Å²) < 4.78 is 0. The van der Waals surface area contributed by atoms with Crippen LogP contribution in [0.4, 0.5) is 0 Å². The number of primary amides is 1. The molecule has 1 amide bonds. The fraction of sp³-hybridized carbons (Fsp3) is 0.857. The van der Waals surface area contributed by atoms with E-state index >= 15 is 0 Å². The van der Waals surface area contributed by atoms with Crippen LogP contribution >= 0.6 is 0 Å². The van der Waals surface area contributed by atoms with Crippen LogP contribution in [0.25, 0.3) is 0 Å². The second-order valence-corrected chi connectivity index (χ2v) is 5.53. The van der Waals surface area contributed by atoms with Gasteiger partial charge in [-0.15, -0.1) is 0 Å². The van der Waals surface area contributed by atoms with Crippen molar-refractivity contribution in [3.8, 4) is 0 Å². The molecule has 0 heterocycles. The first-order chi connectivity index (χ1) is 9.29. The Balaban J connectivity index is 4.41. The number of carbonyl (C=O) groups excluding carboxylic acids is 1. The number of amides is 1. The van der Waals surface area contributed by atoms with Gasteiger partial charge in [-0.05, 0) is 40.2 Å². The first-order valence-corrected chi connectivity index (χ1v) is 7.26. The highest BCUT2D eigenvalue weighted by Crippen LogP contribution is 2.21. The van der Waals surface area contributed by atoms with Crippen LogP contribution in [0.5, 0.6) is 0 Å². The van der Waals surface area contributed by atoms with E-state index in [1.165, 1.54) is 0 Å². The number of hydrogen-bond acceptors (Lipinski definition) is 4. The molecule has 0 aromatic carbocycles. The van der Waals surface area contributed by atoms with Crippen LogP contribution in [0.15, 0.2) is 0 Å². The minimum atomic E-state index is -0.879. The summed E-state index contributed by atoms with van der Waals surface area (Å²) in [6, 6.07) is -0.226. The van der Waals surface area contributed by atoms with E-state index in [1.54, 1.807) is 7.05 Å². The normalized spacial score (nSPS) is 15.8. The third kappa shape index (κ3) is 5.88. The molecule has 0 aliphatic rings. The van der Waals surface area contributed by atoms with Crippen molar-refractivity contribution in [3.63, 3.8) is 0 Å². The molecule has 0 fully saturated rings. The molecule has 0 aliphatic carbocycles. The summed E-state index contributed by atoms with van der Waals surface area (Å²) in [6.07, 6.45) is 3.22. The van der Waals surface area contributed by atoms with Gasteiger partial charge in [0.15, 0.2) is 0 Å². The van der Waals surface area contributed by atoms with Gasteiger partial charge in [-0.1, -0.05) is 19.8 Å². The number of carboxylic acid groups (broad SMARTS) is 1. The molecule has 2 unspecified atom stereocenters. The van der Waals surface area contributed by atoms with E-state index in [1.807, 2.05) is 20.8 Å². The van der Waals surface area contributed by atoms with E-state index in [0.29, 0.717) is 19.3 Å². The number of carboxylic acids is 1. The van der Waals surface area contributed by atoms with Crippen molar-refractivity contribution in [1.82, 2.24) is 10.6 Å². The zero-order valence-electron chi connectivity index (χ0n) is 13.0. The predicted octanol–water partition coefficient (Wildman–Crippen LogP) is 0.852. The van der Waals surface area contributed by atoms with Crippen molar-refractivity contribution in [2.75, 3.05) is 7.05 Å². The van der Waals surface area contributed by atoms with E-state index in [2.05, 4.69) is 10.6 Å². The molecule has 6 heteroatoms. The lowest BCUT2D eigenvalue weighted by Gasteiger charge is -2.32. The number of likely N-dealkylation sites (N-methyl/N-ethyl adjacent to an activating group) is 1. The van der Waals surface area contributed by atoms with Gasteiger partial charge in [-0.2, -0.15) is 0 Å². The minimum Gasteiger partial charge on any atom is -0.480 e. The second-order valence-electron chi connectivity index (χ2n) is 5.53. The van der Waals surface area contributed by atoms with Gasteiger partial charge in [0, 0.05) is 6.04 Å². The second kappa shape index (κ2) is 8.92. The van der Waals surface area contributed by atoms with Gasteiger partial charge in [-0.25, -0.2) is 0 Å². The van der Waals surface area contributed by atoms with Crippen molar-refractivity contribution in [3.05, 3.63) is 0 Å². The molecular formula is C14H29N3O3. The van der Waals surface area contributed by atoms with Gasteiger partial charge in [0.1, 0.15) is 5.54 Å². The van der Waals surface area contributed by atoms with Crippen LogP contribution in [0, 0.1) is 0 Å². The number of nitrogens with two attached hydrogens (primary N) is 1. The Kier molecular flexibility index (Phi) is 8.41. The fourth-order valence-corrected chi connectivity index (χ4v) is 2.43. The highest BCUT2D eigenvalue weighted by molar-refractivity contribution is 5.79. The van der Waals surface area contributed by atoms with Crippen molar-refractivity contribution in [1.29, 1.82) is 0 Å². The monoisotopic (exact) mass is 287 g/mol. The molecule has 0 radical (unpaired) electrons. The Bertz CT molecular complexity index is 321. The molecule has 0 saturated heterocycles. The molecule has 2 atom stereocenters. The van der Waals surface area contributed by atoms with Gasteiger partial charge < -0.3 is 16.2 Å². The standard InChI is InChI=1S/C14H29N3O3/c1-5-14(13(19)20,17-10(2)3)9-7-6-8-11(16-4)12(15)18/h10-11,16-17H,5-9H2,1-4H3,(H2,15,18)(H,19,20). The smallest absolute Gasteiger partial charge is 0.323 e. The van der Waals surface area contributed by atoms with Crippen LogP contribution < -0.4 is 16.4 Å². The van der Waals surface area contributed by atoms with Gasteiger partial charge in [0.2, 0.25) is 5.91 Å². The highest BCUT2D eigenvalue weighted by atomic mass is 16.4. The number of nitrogens with one attached hydrogen (secondary N) is 2. The van der Waals surface area contributed by atoms with E-state index in [-0.39, 0.29) is 18.0 Å². The van der Waals surface area contributed by atoms with Gasteiger partial charge in [0.25, 0.3) is 0 Å². The maximum absolute atomic E-state index is 11.5. The lowest BCUT2D eigenvalue weighted by molar-refractivity contribution is -0.146. The number of carbonyl (C=O) groups is 2. The molecule has 0 aromatic rings. The Morgan fingerprint density at radius 3 is 2.25 bits per heavy atom. The number of aliphatic carboxylic acids is 1. The Morgan fingerprint density at radius 1 is 1.30 bits per heavy atom. The van der Waals surface area contributed by atoms with Crippen LogP contribution in [0.1, 0.15) is 52.9 Å². The summed E-state index contributed by atoms with van der Waals surface area (Å²) in [7, 11) is 1.70. The number of hydrogen-bond donors (Lipinski definition) is 4. The first kappa shape index (κ1) is 18.9. The van der Waals surface area contributed by atoms with Crippen molar-refractivity contribution < 1.29 is 14.7 Å². The molecular weight excluding hydrogens is 258 g/mol. The van der Waals surface area contributed by atoms with Crippen LogP contribution in [-0.4, -0.2) is 41.7 Å². The molecule has 0 rings (SSSR count). The first-order valence-electron chi connectivity index (χ1n) is 7.26. The topological polar surface area (TPSA) is 104 Å². The maximum atomic E-state index is 11.5. The summed E-state index contributed by atoms with van der Waals surface area (Å²) in [5.41, 5.74) is 4.37. The van der Waals surface area contributed by atoms with Crippen molar-refractivity contribution in [2.45, 2.75) is 70.5 Å². The Morgan fingerprint density at radius 2 is 1.90 bits per heavy atom. The molecule has 5 N–H and O–H groups in total. The summed E-state index contributed by atoms with van der Waals surface area (Å²) in [4.78, 5) is 22.6. The quantitative estimate of drug-likeness (QED) is 0.422. The minimum absolute atomic E-state index is 0.113. The molecule has 0 saturated carbocycles. The lowest BCUT2D eigenvalue weighted by atomic mass is 9.88. The zero-order chi connectivity index (χ0) is 15.8. The van der Waals surface area contributed by atoms with E-state index in [4.69, 9.17) is 5.73 Å². The summed E-state index contributed by atoms with van der Waals surface area (Å²) >= 11 is 0. The molecule has 0 aliphatic heterocycles. The molecule has 6 nitrogen and oxygen atoms in total. The average Bonchev–Trinajstić information content (AvgIpc) is 2.36. The highest BCUT2D eigenvalue weighted by Gasteiger charge is 2.36. The predicted molar refractivity (Wildman–Crippen MR) is 79.4 cm³/mol. The van der Waals surface area contributed by atoms with E-state index in [0.717, 1.165) is 12.8 Å². The van der Waals surface area contributed by atoms with Crippen LogP contribution in [0.3, 0.4) is 0 Å². The SMILES string of the molecule is CCC(CCCCC(NC)C(N)=O)(NC(C)C)C(=O)O. The number of rotatable bonds is 11. The van der Waals surface area contributed by atoms with Crippen molar-refractivity contribution in [2.24, 2.45) is 5.73 Å². The fourth-order valence-electron chi connectivity index (χ4n) is 2.43. The van der Waals surface area contributed by atoms with Gasteiger partial charge >= 0.3 is 5.97 Å². The van der Waals surface area contributed by atoms with E-state index < -0.39 is 11.5 Å². The summed E-state index contributed by atoms with van der Waals surface area (Å²) in [5, 5.41) is 15.5. The summed E-state index contributed by atoms with van der Waals surface area (Å²) in [6.45, 7) is 5.76. The Hall–Kier alpha value is -1.14. The van der Waals surface area contributed by atoms with E-state index in [9.17, 15) is 14.7 Å². The van der Waals surface area contributed by atoms with Gasteiger partial charge in [-0.3, -0.25) is 14.9 Å². The van der Waals surface area contributed by atoms with Crippen LogP contribution in [-0.2, 0) is 9.59 Å². The maximum Gasteiger partial charge on any atom is 0.323 e. The van der Waals surface area contributed by atoms with Crippen LogP contribution in [0.2, 0.25) is 0 Å². The zero-order valence-corrected chi connectivity index (χ0v) is 13.0. The molecule has 118 valence electrons. The molecule has 20 heavy (non-hydrogen) atoms. The summed E-state index contributed by atoms with van der Waals surface area (Å²) in [5.74, 6) is -1.18. The largest absolute Gasteiger partial charge is 0.480 e. The third-order valence-corrected chi connectivity index (χ3v) is 3.62. The lowest BCUT2D eigenvalue weighted by Crippen LogP contribution is -2.54. The molecule has 0 spiro atoms. The average molecular weight is 287 g/mol. The third-order valence-electron chi connectivity index (χ3n) is 3.62. The number of unbranched alkanes of at least 4 members (excludes halogenated alkanes) is 1. The van der Waals surface area contributed by atoms with Crippen molar-refractivity contribution >= 4 is 11.9 Å². The molecule has 0 bridgehead atoms.